The van der Waals surface area contributed by atoms with E-state index in [2.05, 4.69) is 11.7 Å². The first-order valence-corrected chi connectivity index (χ1v) is 6.30. The fourth-order valence-electron chi connectivity index (χ4n) is 0.348. The lowest BCUT2D eigenvalue weighted by Gasteiger charge is -1.87. The van der Waals surface area contributed by atoms with Gasteiger partial charge >= 0.3 is 5.97 Å². The van der Waals surface area contributed by atoms with Crippen LogP contribution in [0, 0.1) is 0 Å². The number of methoxy groups -OCH3 is 2. The maximum absolute atomic E-state index is 9.96. The molecule has 0 spiro atoms. The van der Waals surface area contributed by atoms with E-state index in [9.17, 15) is 4.79 Å². The monoisotopic (exact) mass is 252 g/mol. The van der Waals surface area contributed by atoms with Gasteiger partial charge in [0.1, 0.15) is 0 Å². The minimum Gasteiger partial charge on any atom is -0.469 e. The highest BCUT2D eigenvalue weighted by Crippen LogP contribution is 1.76. The molecule has 0 saturated heterocycles. The molecule has 108 valence electrons. The van der Waals surface area contributed by atoms with Crippen LogP contribution in [-0.4, -0.2) is 38.5 Å². The van der Waals surface area contributed by atoms with Gasteiger partial charge in [0.15, 0.2) is 0 Å². The molecule has 0 aliphatic rings. The summed E-state index contributed by atoms with van der Waals surface area (Å²) >= 11 is 0. The Balaban J connectivity index is -0.0000000705. The predicted octanol–water partition coefficient (Wildman–Crippen LogP) is 3.03. The summed E-state index contributed by atoms with van der Waals surface area (Å²) in [5.41, 5.74) is 0. The number of rotatable bonds is 4. The summed E-state index contributed by atoms with van der Waals surface area (Å²) in [5, 5.41) is 7.88. The second-order valence-electron chi connectivity index (χ2n) is 2.65. The molecule has 0 atom stereocenters. The van der Waals surface area contributed by atoms with Crippen molar-refractivity contribution in [3.63, 3.8) is 0 Å². The van der Waals surface area contributed by atoms with Crippen molar-refractivity contribution in [3.8, 4) is 0 Å². The zero-order valence-corrected chi connectivity index (χ0v) is 12.7. The van der Waals surface area contributed by atoms with E-state index in [1.54, 1.807) is 14.0 Å². The fourth-order valence-corrected chi connectivity index (χ4v) is 0.348. The largest absolute Gasteiger partial charge is 0.469 e. The standard InChI is InChI=1S/C4H8O2.C4H10O.C3H8O.C2H6/c1-3-4(5)6-2;1-3-4-5-2;1-2-3-4;1-2/h3H2,1-2H3;3-4H2,1-2H3;4H,2-3H2,1H3;1-2H3. The molecular weight excluding hydrogens is 220 g/mol. The molecule has 0 aliphatic carbocycles. The van der Waals surface area contributed by atoms with Crippen molar-refractivity contribution in [1.29, 1.82) is 0 Å². The number of hydrogen-bond donors (Lipinski definition) is 1. The molecule has 1 N–H and O–H groups in total. The van der Waals surface area contributed by atoms with Crippen molar-refractivity contribution in [3.05, 3.63) is 0 Å². The first-order chi connectivity index (χ1) is 8.14. The molecule has 0 aromatic heterocycles. The number of carbonyl (C=O) groups is 1. The lowest BCUT2D eigenvalue weighted by Crippen LogP contribution is -1.94. The maximum atomic E-state index is 9.96. The van der Waals surface area contributed by atoms with Gasteiger partial charge in [-0.25, -0.2) is 0 Å². The van der Waals surface area contributed by atoms with Crippen molar-refractivity contribution in [2.75, 3.05) is 27.4 Å². The number of hydrogen-bond acceptors (Lipinski definition) is 4. The van der Waals surface area contributed by atoms with Crippen LogP contribution in [0.5, 0.6) is 0 Å². The molecule has 0 aromatic rings. The Bertz CT molecular complexity index is 95.6. The van der Waals surface area contributed by atoms with E-state index in [0.717, 1.165) is 19.4 Å². The van der Waals surface area contributed by atoms with Crippen molar-refractivity contribution in [1.82, 2.24) is 0 Å². The van der Waals surface area contributed by atoms with E-state index in [0.29, 0.717) is 13.0 Å². The number of esters is 1. The Morgan fingerprint density at radius 3 is 1.47 bits per heavy atom. The Hall–Kier alpha value is -0.610. The molecular formula is C13H32O4. The number of aliphatic hydroxyl groups is 1. The van der Waals surface area contributed by atoms with Crippen LogP contribution in [-0.2, 0) is 14.3 Å². The van der Waals surface area contributed by atoms with Crippen LogP contribution in [0.3, 0.4) is 0 Å². The molecule has 0 rings (SSSR count). The van der Waals surface area contributed by atoms with E-state index < -0.39 is 0 Å². The molecule has 0 aromatic carbocycles. The van der Waals surface area contributed by atoms with E-state index in [-0.39, 0.29) is 5.97 Å². The third kappa shape index (κ3) is 67.6. The van der Waals surface area contributed by atoms with Crippen LogP contribution < -0.4 is 0 Å². The van der Waals surface area contributed by atoms with Crippen molar-refractivity contribution < 1.29 is 19.4 Å². The average molecular weight is 252 g/mol. The second-order valence-corrected chi connectivity index (χ2v) is 2.65. The Morgan fingerprint density at radius 1 is 1.06 bits per heavy atom. The van der Waals surface area contributed by atoms with Crippen LogP contribution in [0.15, 0.2) is 0 Å². The Kier molecular flexibility index (Phi) is 53.8. The highest BCUT2D eigenvalue weighted by atomic mass is 16.5. The van der Waals surface area contributed by atoms with Crippen molar-refractivity contribution >= 4 is 5.97 Å². The van der Waals surface area contributed by atoms with Gasteiger partial charge in [-0.05, 0) is 12.8 Å². The van der Waals surface area contributed by atoms with Gasteiger partial charge in [0.2, 0.25) is 0 Å². The highest BCUT2D eigenvalue weighted by molar-refractivity contribution is 5.68. The molecule has 0 fully saturated rings. The van der Waals surface area contributed by atoms with Crippen molar-refractivity contribution in [2.24, 2.45) is 0 Å². The van der Waals surface area contributed by atoms with Gasteiger partial charge in [0.05, 0.1) is 7.11 Å². The summed E-state index contributed by atoms with van der Waals surface area (Å²) in [7, 11) is 3.09. The van der Waals surface area contributed by atoms with Crippen LogP contribution >= 0.6 is 0 Å². The van der Waals surface area contributed by atoms with Gasteiger partial charge in [-0.1, -0.05) is 34.6 Å². The zero-order valence-electron chi connectivity index (χ0n) is 12.7. The molecule has 0 radical (unpaired) electrons. The van der Waals surface area contributed by atoms with E-state index in [1.165, 1.54) is 7.11 Å². The molecule has 0 aliphatic heterocycles. The zero-order chi connectivity index (χ0) is 14.5. The smallest absolute Gasteiger partial charge is 0.305 e. The highest BCUT2D eigenvalue weighted by Gasteiger charge is 1.87. The van der Waals surface area contributed by atoms with Crippen LogP contribution in [0.1, 0.15) is 53.9 Å². The minimum atomic E-state index is -0.157. The van der Waals surface area contributed by atoms with E-state index in [1.807, 2.05) is 20.8 Å². The lowest BCUT2D eigenvalue weighted by atomic mass is 10.5. The van der Waals surface area contributed by atoms with E-state index in [4.69, 9.17) is 9.84 Å². The number of carbonyl (C=O) groups excluding carboxylic acids is 1. The Morgan fingerprint density at radius 2 is 1.47 bits per heavy atom. The topological polar surface area (TPSA) is 55.8 Å². The molecule has 0 saturated carbocycles. The molecule has 4 nitrogen and oxygen atoms in total. The first kappa shape index (κ1) is 25.3. The normalized spacial score (nSPS) is 7.29. The Labute approximate surface area is 107 Å². The summed E-state index contributed by atoms with van der Waals surface area (Å²) in [6.45, 7) is 11.0. The lowest BCUT2D eigenvalue weighted by molar-refractivity contribution is -0.140. The van der Waals surface area contributed by atoms with Gasteiger partial charge in [-0.15, -0.1) is 0 Å². The summed E-state index contributed by atoms with van der Waals surface area (Å²) in [6, 6.07) is 0. The summed E-state index contributed by atoms with van der Waals surface area (Å²) in [4.78, 5) is 9.96. The van der Waals surface area contributed by atoms with Gasteiger partial charge < -0.3 is 14.6 Å². The SMILES string of the molecule is CC.CCC(=O)OC.CCCO.CCCOC. The maximum Gasteiger partial charge on any atom is 0.305 e. The third-order valence-electron chi connectivity index (χ3n) is 1.15. The van der Waals surface area contributed by atoms with Crippen LogP contribution in [0.4, 0.5) is 0 Å². The molecule has 0 amide bonds. The molecule has 4 heteroatoms. The van der Waals surface area contributed by atoms with Gasteiger partial charge in [0, 0.05) is 26.7 Å². The van der Waals surface area contributed by atoms with Gasteiger partial charge in [0.25, 0.3) is 0 Å². The second kappa shape index (κ2) is 36.1. The number of aliphatic hydroxyl groups excluding tert-OH is 1. The van der Waals surface area contributed by atoms with Crippen LogP contribution in [0.2, 0.25) is 0 Å². The predicted molar refractivity (Wildman–Crippen MR) is 73.2 cm³/mol. The molecule has 0 unspecified atom stereocenters. The summed E-state index contributed by atoms with van der Waals surface area (Å²) < 4.78 is 8.95. The molecule has 0 heterocycles. The van der Waals surface area contributed by atoms with Crippen LogP contribution in [0.25, 0.3) is 0 Å². The minimum absolute atomic E-state index is 0.157. The molecule has 0 bridgehead atoms. The first-order valence-electron chi connectivity index (χ1n) is 6.30. The van der Waals surface area contributed by atoms with Crippen molar-refractivity contribution in [2.45, 2.75) is 53.9 Å². The molecule has 17 heavy (non-hydrogen) atoms. The van der Waals surface area contributed by atoms with Gasteiger partial charge in [-0.2, -0.15) is 0 Å². The van der Waals surface area contributed by atoms with E-state index >= 15 is 0 Å². The quantitative estimate of drug-likeness (QED) is 0.781. The fraction of sp³-hybridized carbons (Fsp3) is 0.923. The summed E-state index contributed by atoms with van der Waals surface area (Å²) in [6.07, 6.45) is 2.47. The third-order valence-corrected chi connectivity index (χ3v) is 1.15. The van der Waals surface area contributed by atoms with Gasteiger partial charge in [-0.3, -0.25) is 4.79 Å². The number of ether oxygens (including phenoxy) is 2. The average Bonchev–Trinajstić information content (AvgIpc) is 2.42. The summed E-state index contributed by atoms with van der Waals surface area (Å²) in [5.74, 6) is -0.157.